The first-order chi connectivity index (χ1) is 7.13. The summed E-state index contributed by atoms with van der Waals surface area (Å²) in [5, 5.41) is 8.51. The Morgan fingerprint density at radius 3 is 2.93 bits per heavy atom. The number of halogens is 1. The summed E-state index contributed by atoms with van der Waals surface area (Å²) in [7, 11) is 1.85. The summed E-state index contributed by atoms with van der Waals surface area (Å²) in [6.45, 7) is 0.637. The van der Waals surface area contributed by atoms with E-state index in [2.05, 4.69) is 0 Å². The molecule has 1 aromatic carbocycles. The van der Waals surface area contributed by atoms with E-state index in [1.807, 2.05) is 24.1 Å². The molecule has 0 bridgehead atoms. The van der Waals surface area contributed by atoms with Crippen molar-refractivity contribution in [1.29, 1.82) is 5.26 Å². The van der Waals surface area contributed by atoms with Crippen molar-refractivity contribution in [2.75, 3.05) is 18.5 Å². The molecular weight excluding hydrogens is 193 g/mol. The van der Waals surface area contributed by atoms with Crippen LogP contribution in [0, 0.1) is 17.1 Å². The number of nitrogens with two attached hydrogens (primary N) is 1. The summed E-state index contributed by atoms with van der Waals surface area (Å²) in [4.78, 5) is 1.88. The fraction of sp³-hybridized carbons (Fsp3) is 0.364. The molecule has 2 N–H and O–H groups in total. The molecular formula is C11H14FN3. The lowest BCUT2D eigenvalue weighted by Gasteiger charge is -2.19. The summed E-state index contributed by atoms with van der Waals surface area (Å²) >= 11 is 0. The third kappa shape index (κ3) is 3.56. The summed E-state index contributed by atoms with van der Waals surface area (Å²) in [6, 6.07) is 7.84. The maximum Gasteiger partial charge on any atom is 0.125 e. The van der Waals surface area contributed by atoms with Gasteiger partial charge in [-0.15, -0.1) is 0 Å². The Morgan fingerprint density at radius 2 is 2.33 bits per heavy atom. The van der Waals surface area contributed by atoms with Crippen molar-refractivity contribution >= 4 is 5.69 Å². The molecule has 0 heterocycles. The van der Waals surface area contributed by atoms with Gasteiger partial charge in [-0.25, -0.2) is 4.39 Å². The van der Waals surface area contributed by atoms with E-state index in [0.717, 1.165) is 5.69 Å². The molecule has 0 aliphatic heterocycles. The largest absolute Gasteiger partial charge is 0.374 e. The summed E-state index contributed by atoms with van der Waals surface area (Å²) < 4.78 is 12.9. The molecule has 15 heavy (non-hydrogen) atoms. The third-order valence-corrected chi connectivity index (χ3v) is 2.19. The smallest absolute Gasteiger partial charge is 0.125 e. The zero-order chi connectivity index (χ0) is 11.3. The van der Waals surface area contributed by atoms with Crippen LogP contribution in [-0.2, 0) is 0 Å². The van der Waals surface area contributed by atoms with Crippen molar-refractivity contribution in [2.45, 2.75) is 12.5 Å². The molecule has 0 aromatic heterocycles. The van der Waals surface area contributed by atoms with E-state index < -0.39 is 6.04 Å². The topological polar surface area (TPSA) is 53.0 Å². The van der Waals surface area contributed by atoms with E-state index in [4.69, 9.17) is 11.0 Å². The van der Waals surface area contributed by atoms with Crippen LogP contribution < -0.4 is 10.6 Å². The van der Waals surface area contributed by atoms with Gasteiger partial charge in [0.25, 0.3) is 0 Å². The highest BCUT2D eigenvalue weighted by Gasteiger charge is 2.05. The minimum Gasteiger partial charge on any atom is -0.374 e. The summed E-state index contributed by atoms with van der Waals surface area (Å²) in [6.07, 6.45) is 0.573. The van der Waals surface area contributed by atoms with Crippen molar-refractivity contribution in [2.24, 2.45) is 5.73 Å². The van der Waals surface area contributed by atoms with Crippen molar-refractivity contribution in [1.82, 2.24) is 0 Å². The molecule has 0 aliphatic carbocycles. The lowest BCUT2D eigenvalue weighted by Crippen LogP contribution is -2.26. The molecule has 0 spiro atoms. The minimum absolute atomic E-state index is 0.260. The Labute approximate surface area is 88.9 Å². The van der Waals surface area contributed by atoms with Crippen molar-refractivity contribution < 1.29 is 4.39 Å². The zero-order valence-corrected chi connectivity index (χ0v) is 8.65. The molecule has 0 radical (unpaired) electrons. The molecule has 0 amide bonds. The van der Waals surface area contributed by atoms with Crippen LogP contribution in [0.3, 0.4) is 0 Å². The molecule has 1 aromatic rings. The number of nitriles is 1. The first kappa shape index (κ1) is 11.5. The van der Waals surface area contributed by atoms with Gasteiger partial charge in [-0.3, -0.25) is 0 Å². The molecule has 1 unspecified atom stereocenters. The predicted octanol–water partition coefficient (Wildman–Crippen LogP) is 1.50. The Hall–Kier alpha value is -1.60. The fourth-order valence-corrected chi connectivity index (χ4v) is 1.24. The maximum atomic E-state index is 12.9. The molecule has 1 rings (SSSR count). The quantitative estimate of drug-likeness (QED) is 0.814. The first-order valence-electron chi connectivity index (χ1n) is 4.75. The number of rotatable bonds is 4. The monoisotopic (exact) mass is 207 g/mol. The fourth-order valence-electron chi connectivity index (χ4n) is 1.24. The SMILES string of the molecule is CN(CCC(N)C#N)c1cccc(F)c1. The number of benzene rings is 1. The van der Waals surface area contributed by atoms with Gasteiger partial charge in [0.15, 0.2) is 0 Å². The van der Waals surface area contributed by atoms with Gasteiger partial charge < -0.3 is 10.6 Å². The Balaban J connectivity index is 2.54. The molecule has 80 valence electrons. The molecule has 0 saturated carbocycles. The predicted molar refractivity (Wildman–Crippen MR) is 57.9 cm³/mol. The van der Waals surface area contributed by atoms with Crippen LogP contribution in [0.1, 0.15) is 6.42 Å². The molecule has 4 heteroatoms. The Kier molecular flexibility index (Phi) is 4.07. The van der Waals surface area contributed by atoms with E-state index in [1.165, 1.54) is 12.1 Å². The minimum atomic E-state index is -0.457. The Bertz CT molecular complexity index is 359. The van der Waals surface area contributed by atoms with Crippen LogP contribution in [0.2, 0.25) is 0 Å². The number of anilines is 1. The lowest BCUT2D eigenvalue weighted by molar-refractivity contribution is 0.626. The Morgan fingerprint density at radius 1 is 1.60 bits per heavy atom. The van der Waals surface area contributed by atoms with Crippen LogP contribution >= 0.6 is 0 Å². The van der Waals surface area contributed by atoms with Gasteiger partial charge >= 0.3 is 0 Å². The molecule has 1 atom stereocenters. The van der Waals surface area contributed by atoms with Crippen LogP contribution in [-0.4, -0.2) is 19.6 Å². The average molecular weight is 207 g/mol. The van der Waals surface area contributed by atoms with Crippen LogP contribution in [0.5, 0.6) is 0 Å². The van der Waals surface area contributed by atoms with Gasteiger partial charge in [0.05, 0.1) is 12.1 Å². The molecule has 0 fully saturated rings. The van der Waals surface area contributed by atoms with Gasteiger partial charge in [0.1, 0.15) is 5.82 Å². The van der Waals surface area contributed by atoms with E-state index in [9.17, 15) is 4.39 Å². The van der Waals surface area contributed by atoms with E-state index >= 15 is 0 Å². The normalized spacial score (nSPS) is 11.9. The highest BCUT2D eigenvalue weighted by molar-refractivity contribution is 5.45. The number of nitrogens with zero attached hydrogens (tertiary/aromatic N) is 2. The van der Waals surface area contributed by atoms with Crippen LogP contribution in [0.15, 0.2) is 24.3 Å². The van der Waals surface area contributed by atoms with E-state index in [-0.39, 0.29) is 5.82 Å². The van der Waals surface area contributed by atoms with Crippen molar-refractivity contribution in [3.63, 3.8) is 0 Å². The number of hydrogen-bond donors (Lipinski definition) is 1. The second kappa shape index (κ2) is 5.32. The van der Waals surface area contributed by atoms with Gasteiger partial charge in [-0.05, 0) is 24.6 Å². The highest BCUT2D eigenvalue weighted by Crippen LogP contribution is 2.13. The highest BCUT2D eigenvalue weighted by atomic mass is 19.1. The van der Waals surface area contributed by atoms with Gasteiger partial charge in [-0.2, -0.15) is 5.26 Å². The summed E-state index contributed by atoms with van der Waals surface area (Å²) in [5.74, 6) is -0.260. The molecule has 0 saturated heterocycles. The van der Waals surface area contributed by atoms with E-state index in [0.29, 0.717) is 13.0 Å². The first-order valence-corrected chi connectivity index (χ1v) is 4.75. The van der Waals surface area contributed by atoms with Crippen LogP contribution in [0.4, 0.5) is 10.1 Å². The maximum absolute atomic E-state index is 12.9. The second-order valence-electron chi connectivity index (χ2n) is 3.43. The second-order valence-corrected chi connectivity index (χ2v) is 3.43. The van der Waals surface area contributed by atoms with Gasteiger partial charge in [0.2, 0.25) is 0 Å². The van der Waals surface area contributed by atoms with Crippen LogP contribution in [0.25, 0.3) is 0 Å². The van der Waals surface area contributed by atoms with Gasteiger partial charge in [-0.1, -0.05) is 6.07 Å². The number of hydrogen-bond acceptors (Lipinski definition) is 3. The van der Waals surface area contributed by atoms with Crippen molar-refractivity contribution in [3.8, 4) is 6.07 Å². The van der Waals surface area contributed by atoms with Crippen molar-refractivity contribution in [3.05, 3.63) is 30.1 Å². The van der Waals surface area contributed by atoms with E-state index in [1.54, 1.807) is 6.07 Å². The van der Waals surface area contributed by atoms with Gasteiger partial charge in [0, 0.05) is 19.3 Å². The lowest BCUT2D eigenvalue weighted by atomic mass is 10.2. The average Bonchev–Trinajstić information content (AvgIpc) is 2.25. The standard InChI is InChI=1S/C11H14FN3/c1-15(6-5-10(14)8-13)11-4-2-3-9(12)7-11/h2-4,7,10H,5-6,14H2,1H3. The molecule has 3 nitrogen and oxygen atoms in total. The molecule has 0 aliphatic rings. The third-order valence-electron chi connectivity index (χ3n) is 2.19. The summed E-state index contributed by atoms with van der Waals surface area (Å²) in [5.41, 5.74) is 6.26. The zero-order valence-electron chi connectivity index (χ0n) is 8.65.